The number of carbonyl (C=O) groups excluding carboxylic acids is 1. The number of benzene rings is 2. The molecule has 6 heteroatoms. The van der Waals surface area contributed by atoms with Gasteiger partial charge in [0, 0.05) is 27.1 Å². The first-order chi connectivity index (χ1) is 10.5. The van der Waals surface area contributed by atoms with Crippen molar-refractivity contribution in [1.29, 1.82) is 0 Å². The Labute approximate surface area is 144 Å². The quantitative estimate of drug-likeness (QED) is 0.626. The van der Waals surface area contributed by atoms with Crippen LogP contribution in [0.15, 0.2) is 56.4 Å². The number of benzodiazepines with no additional fused rings is 1. The maximum Gasteiger partial charge on any atom is 0.284 e. The van der Waals surface area contributed by atoms with E-state index in [0.29, 0.717) is 17.0 Å². The van der Waals surface area contributed by atoms with Gasteiger partial charge in [-0.3, -0.25) is 4.79 Å². The van der Waals surface area contributed by atoms with E-state index >= 15 is 0 Å². The number of aliphatic imine (C=N–C) groups is 1. The molecule has 0 spiro atoms. The molecule has 1 amide bonds. The molecule has 0 fully saturated rings. The number of nitrogens with zero attached hydrogens (tertiary/aromatic N) is 2. The van der Waals surface area contributed by atoms with Crippen LogP contribution in [0.4, 0.5) is 10.1 Å². The Morgan fingerprint density at radius 3 is 2.41 bits per heavy atom. The van der Waals surface area contributed by atoms with E-state index in [0.717, 1.165) is 14.5 Å². The number of hydrogen-bond donors (Lipinski definition) is 0. The molecule has 0 saturated heterocycles. The zero-order chi connectivity index (χ0) is 15.9. The Morgan fingerprint density at radius 1 is 1.09 bits per heavy atom. The van der Waals surface area contributed by atoms with E-state index in [1.165, 1.54) is 4.90 Å². The van der Waals surface area contributed by atoms with Gasteiger partial charge in [0.15, 0.2) is 0 Å². The summed E-state index contributed by atoms with van der Waals surface area (Å²) in [5, 5.41) is 0. The number of fused-ring (bicyclic) bond motifs is 1. The molecule has 2 aromatic carbocycles. The molecule has 0 radical (unpaired) electrons. The molecule has 0 saturated carbocycles. The maximum atomic E-state index is 14.2. The van der Waals surface area contributed by atoms with Crippen LogP contribution in [0.5, 0.6) is 0 Å². The molecule has 1 aliphatic heterocycles. The van der Waals surface area contributed by atoms with Crippen molar-refractivity contribution in [3.05, 3.63) is 62.5 Å². The molecular weight excluding hydrogens is 415 g/mol. The third kappa shape index (κ3) is 2.73. The van der Waals surface area contributed by atoms with Gasteiger partial charge in [-0.1, -0.05) is 44.0 Å². The summed E-state index contributed by atoms with van der Waals surface area (Å²) in [7, 11) is 1.56. The standard InChI is InChI=1S/C16H11Br2FN2O/c1-21-13-7-6-11(18)8-12(13)14(20-15(19)16(21)22)9-2-4-10(17)5-3-9/h2-8,15H,1H3. The van der Waals surface area contributed by atoms with E-state index in [4.69, 9.17) is 0 Å². The average molecular weight is 426 g/mol. The summed E-state index contributed by atoms with van der Waals surface area (Å²) in [5.74, 6) is -0.671. The van der Waals surface area contributed by atoms with E-state index in [2.05, 4.69) is 36.9 Å². The monoisotopic (exact) mass is 424 g/mol. The lowest BCUT2D eigenvalue weighted by molar-refractivity contribution is -0.122. The molecule has 0 aromatic heterocycles. The second kappa shape index (κ2) is 5.93. The molecule has 0 bridgehead atoms. The SMILES string of the molecule is CN1C(=O)C(F)N=C(c2ccc(Br)cc2)c2cc(Br)ccc21. The number of alkyl halides is 1. The number of amides is 1. The number of anilines is 1. The maximum absolute atomic E-state index is 14.2. The van der Waals surface area contributed by atoms with E-state index in [1.54, 1.807) is 13.1 Å². The molecule has 0 N–H and O–H groups in total. The van der Waals surface area contributed by atoms with E-state index < -0.39 is 12.2 Å². The van der Waals surface area contributed by atoms with Gasteiger partial charge in [0.25, 0.3) is 12.2 Å². The minimum Gasteiger partial charge on any atom is -0.311 e. The Morgan fingerprint density at radius 2 is 1.73 bits per heavy atom. The van der Waals surface area contributed by atoms with Gasteiger partial charge >= 0.3 is 0 Å². The van der Waals surface area contributed by atoms with Gasteiger partial charge in [0.1, 0.15) is 0 Å². The molecular formula is C16H11Br2FN2O. The Bertz CT molecular complexity index is 774. The number of halogens is 3. The van der Waals surface area contributed by atoms with Crippen LogP contribution in [0.1, 0.15) is 11.1 Å². The van der Waals surface area contributed by atoms with E-state index in [9.17, 15) is 9.18 Å². The molecule has 1 unspecified atom stereocenters. The van der Waals surface area contributed by atoms with Crippen molar-refractivity contribution in [1.82, 2.24) is 0 Å². The van der Waals surface area contributed by atoms with Gasteiger partial charge in [-0.25, -0.2) is 9.38 Å². The first-order valence-corrected chi connectivity index (χ1v) is 8.11. The lowest BCUT2D eigenvalue weighted by Gasteiger charge is -2.18. The van der Waals surface area contributed by atoms with Gasteiger partial charge < -0.3 is 4.90 Å². The zero-order valence-corrected chi connectivity index (χ0v) is 14.7. The van der Waals surface area contributed by atoms with Crippen LogP contribution in [-0.2, 0) is 4.79 Å². The highest BCUT2D eigenvalue weighted by molar-refractivity contribution is 9.10. The highest BCUT2D eigenvalue weighted by Crippen LogP contribution is 2.30. The predicted octanol–water partition coefficient (Wildman–Crippen LogP) is 4.32. The van der Waals surface area contributed by atoms with Crippen molar-refractivity contribution in [2.75, 3.05) is 11.9 Å². The normalized spacial score (nSPS) is 17.8. The van der Waals surface area contributed by atoms with Crippen LogP contribution in [0.3, 0.4) is 0 Å². The number of hydrogen-bond acceptors (Lipinski definition) is 2. The molecule has 112 valence electrons. The summed E-state index contributed by atoms with van der Waals surface area (Å²) in [5.41, 5.74) is 2.57. The van der Waals surface area contributed by atoms with Crippen LogP contribution >= 0.6 is 31.9 Å². The summed E-state index contributed by atoms with van der Waals surface area (Å²) in [6.07, 6.45) is -1.91. The second-order valence-corrected chi connectivity index (χ2v) is 6.71. The summed E-state index contributed by atoms with van der Waals surface area (Å²) < 4.78 is 15.9. The van der Waals surface area contributed by atoms with Crippen LogP contribution in [0.2, 0.25) is 0 Å². The largest absolute Gasteiger partial charge is 0.311 e. The second-order valence-electron chi connectivity index (χ2n) is 4.88. The molecule has 0 aliphatic carbocycles. The predicted molar refractivity (Wildman–Crippen MR) is 92.2 cm³/mol. The van der Waals surface area contributed by atoms with E-state index in [1.807, 2.05) is 36.4 Å². The Kier molecular flexibility index (Phi) is 4.14. The summed E-state index contributed by atoms with van der Waals surface area (Å²) in [6.45, 7) is 0. The van der Waals surface area contributed by atoms with Crippen molar-refractivity contribution in [3.63, 3.8) is 0 Å². The van der Waals surface area contributed by atoms with Gasteiger partial charge in [0.05, 0.1) is 11.4 Å². The van der Waals surface area contributed by atoms with Crippen molar-refractivity contribution >= 4 is 49.2 Å². The number of rotatable bonds is 1. The molecule has 22 heavy (non-hydrogen) atoms. The summed E-state index contributed by atoms with van der Waals surface area (Å²) in [6, 6.07) is 12.9. The smallest absolute Gasteiger partial charge is 0.284 e. The molecule has 1 atom stereocenters. The molecule has 3 nitrogen and oxygen atoms in total. The molecule has 1 heterocycles. The lowest BCUT2D eigenvalue weighted by Crippen LogP contribution is -2.32. The first-order valence-electron chi connectivity index (χ1n) is 6.52. The fraction of sp³-hybridized carbons (Fsp3) is 0.125. The van der Waals surface area contributed by atoms with Gasteiger partial charge in [0.2, 0.25) is 0 Å². The topological polar surface area (TPSA) is 32.7 Å². The van der Waals surface area contributed by atoms with Gasteiger partial charge in [-0.05, 0) is 30.3 Å². The van der Waals surface area contributed by atoms with Crippen LogP contribution < -0.4 is 4.90 Å². The van der Waals surface area contributed by atoms with Gasteiger partial charge in [-0.2, -0.15) is 0 Å². The highest BCUT2D eigenvalue weighted by Gasteiger charge is 2.29. The highest BCUT2D eigenvalue weighted by atomic mass is 79.9. The summed E-state index contributed by atoms with van der Waals surface area (Å²) >= 11 is 6.79. The fourth-order valence-corrected chi connectivity index (χ4v) is 2.97. The Hall–Kier alpha value is -1.53. The first kappa shape index (κ1) is 15.4. The van der Waals surface area contributed by atoms with Crippen LogP contribution in [-0.4, -0.2) is 25.0 Å². The van der Waals surface area contributed by atoms with Crippen LogP contribution in [0.25, 0.3) is 0 Å². The summed E-state index contributed by atoms with van der Waals surface area (Å²) in [4.78, 5) is 17.4. The molecule has 1 aliphatic rings. The van der Waals surface area contributed by atoms with E-state index in [-0.39, 0.29) is 0 Å². The van der Waals surface area contributed by atoms with Crippen molar-refractivity contribution < 1.29 is 9.18 Å². The Balaban J connectivity index is 2.25. The minimum absolute atomic E-state index is 0.467. The number of carbonyl (C=O) groups is 1. The van der Waals surface area contributed by atoms with Crippen LogP contribution in [0, 0.1) is 0 Å². The van der Waals surface area contributed by atoms with Gasteiger partial charge in [-0.15, -0.1) is 0 Å². The minimum atomic E-state index is -1.91. The third-order valence-electron chi connectivity index (χ3n) is 3.47. The van der Waals surface area contributed by atoms with Crippen molar-refractivity contribution in [3.8, 4) is 0 Å². The molecule has 2 aromatic rings. The third-order valence-corrected chi connectivity index (χ3v) is 4.49. The fourth-order valence-electron chi connectivity index (χ4n) is 2.34. The van der Waals surface area contributed by atoms with Crippen molar-refractivity contribution in [2.24, 2.45) is 4.99 Å². The molecule has 3 rings (SSSR count). The lowest BCUT2D eigenvalue weighted by atomic mass is 10.0. The van der Waals surface area contributed by atoms with Crippen molar-refractivity contribution in [2.45, 2.75) is 6.30 Å². The average Bonchev–Trinajstić information content (AvgIpc) is 2.59. The number of likely N-dealkylation sites (N-methyl/N-ethyl adjacent to an activating group) is 1. The zero-order valence-electron chi connectivity index (χ0n) is 11.6.